The van der Waals surface area contributed by atoms with Gasteiger partial charge in [0.25, 0.3) is 0 Å². The molecule has 1 N–H and O–H groups in total. The summed E-state index contributed by atoms with van der Waals surface area (Å²) >= 11 is 3.08. The molecule has 0 bridgehead atoms. The van der Waals surface area contributed by atoms with Gasteiger partial charge in [0.15, 0.2) is 0 Å². The quantitative estimate of drug-likeness (QED) is 0.614. The molecular formula is C12H16BrFN2O3. The molecule has 0 fully saturated rings. The van der Waals surface area contributed by atoms with Crippen molar-refractivity contribution in [1.29, 1.82) is 0 Å². The van der Waals surface area contributed by atoms with E-state index in [9.17, 15) is 14.5 Å². The molecule has 0 amide bonds. The fourth-order valence-corrected chi connectivity index (χ4v) is 2.04. The number of nitrogens with one attached hydrogen (secondary N) is 1. The van der Waals surface area contributed by atoms with Crippen LogP contribution in [-0.2, 0) is 0 Å². The number of nitro groups is 1. The van der Waals surface area contributed by atoms with Gasteiger partial charge in [0.2, 0.25) is 5.75 Å². The van der Waals surface area contributed by atoms with E-state index >= 15 is 0 Å². The molecule has 0 aromatic heterocycles. The summed E-state index contributed by atoms with van der Waals surface area (Å²) in [7, 11) is 0. The van der Waals surface area contributed by atoms with Crippen LogP contribution in [0.3, 0.4) is 0 Å². The predicted molar refractivity (Wildman–Crippen MR) is 74.0 cm³/mol. The minimum atomic E-state index is -0.674. The van der Waals surface area contributed by atoms with Crippen molar-refractivity contribution in [3.05, 3.63) is 32.5 Å². The van der Waals surface area contributed by atoms with Gasteiger partial charge in [0.05, 0.1) is 22.1 Å². The number of nitrogens with zero attached hydrogens (tertiary/aromatic N) is 1. The van der Waals surface area contributed by atoms with Gasteiger partial charge in [-0.2, -0.15) is 0 Å². The zero-order chi connectivity index (χ0) is 14.4. The molecule has 1 rings (SSSR count). The van der Waals surface area contributed by atoms with Crippen LogP contribution in [-0.4, -0.2) is 24.6 Å². The van der Waals surface area contributed by atoms with Gasteiger partial charge < -0.3 is 10.1 Å². The van der Waals surface area contributed by atoms with E-state index in [-0.39, 0.29) is 21.8 Å². The van der Waals surface area contributed by atoms with E-state index < -0.39 is 10.7 Å². The normalized spacial score (nSPS) is 12.2. The van der Waals surface area contributed by atoms with Crippen molar-refractivity contribution >= 4 is 21.6 Å². The smallest absolute Gasteiger partial charge is 0.315 e. The second-order valence-electron chi connectivity index (χ2n) is 4.22. The van der Waals surface area contributed by atoms with Gasteiger partial charge in [-0.3, -0.25) is 10.1 Å². The maximum atomic E-state index is 13.1. The molecule has 0 radical (unpaired) electrons. The Morgan fingerprint density at radius 1 is 1.58 bits per heavy atom. The van der Waals surface area contributed by atoms with Gasteiger partial charge in [0, 0.05) is 12.5 Å². The van der Waals surface area contributed by atoms with E-state index in [0.29, 0.717) is 6.61 Å². The first-order chi connectivity index (χ1) is 8.95. The fraction of sp³-hybridized carbons (Fsp3) is 0.500. The van der Waals surface area contributed by atoms with E-state index in [2.05, 4.69) is 21.2 Å². The molecule has 106 valence electrons. The fourth-order valence-electron chi connectivity index (χ4n) is 1.50. The molecule has 0 saturated heterocycles. The van der Waals surface area contributed by atoms with Crippen LogP contribution in [0.1, 0.15) is 13.8 Å². The van der Waals surface area contributed by atoms with E-state index in [1.807, 2.05) is 13.8 Å². The topological polar surface area (TPSA) is 64.4 Å². The number of rotatable bonds is 7. The lowest BCUT2D eigenvalue weighted by Crippen LogP contribution is -2.24. The summed E-state index contributed by atoms with van der Waals surface area (Å²) in [6.07, 6.45) is 0. The molecule has 0 heterocycles. The Hall–Kier alpha value is -1.21. The Labute approximate surface area is 119 Å². The van der Waals surface area contributed by atoms with Crippen molar-refractivity contribution in [3.8, 4) is 5.75 Å². The molecule has 19 heavy (non-hydrogen) atoms. The molecule has 5 nitrogen and oxygen atoms in total. The van der Waals surface area contributed by atoms with Crippen LogP contribution in [0.25, 0.3) is 0 Å². The Morgan fingerprint density at radius 2 is 2.26 bits per heavy atom. The van der Waals surface area contributed by atoms with Crippen LogP contribution < -0.4 is 10.1 Å². The molecule has 0 spiro atoms. The minimum Gasteiger partial charge on any atom is -0.486 e. The molecule has 0 saturated carbocycles. The van der Waals surface area contributed by atoms with Crippen LogP contribution in [0.15, 0.2) is 16.6 Å². The van der Waals surface area contributed by atoms with Crippen molar-refractivity contribution in [2.24, 2.45) is 5.92 Å². The molecule has 1 aromatic carbocycles. The van der Waals surface area contributed by atoms with Crippen molar-refractivity contribution in [3.63, 3.8) is 0 Å². The number of halogens is 2. The number of hydrogen-bond donors (Lipinski definition) is 1. The lowest BCUT2D eigenvalue weighted by atomic mass is 10.2. The number of nitro benzene ring substituents is 1. The van der Waals surface area contributed by atoms with Gasteiger partial charge in [0.1, 0.15) is 5.82 Å². The predicted octanol–water partition coefficient (Wildman–Crippen LogP) is 3.12. The highest BCUT2D eigenvalue weighted by molar-refractivity contribution is 9.10. The first-order valence-corrected chi connectivity index (χ1v) is 6.72. The Balaban J connectivity index is 2.80. The Morgan fingerprint density at radius 3 is 2.84 bits per heavy atom. The summed E-state index contributed by atoms with van der Waals surface area (Å²) in [6.45, 7) is 5.88. The largest absolute Gasteiger partial charge is 0.486 e. The lowest BCUT2D eigenvalue weighted by molar-refractivity contribution is -0.386. The van der Waals surface area contributed by atoms with Gasteiger partial charge >= 0.3 is 5.69 Å². The number of benzene rings is 1. The highest BCUT2D eigenvalue weighted by atomic mass is 79.9. The summed E-state index contributed by atoms with van der Waals surface area (Å²) in [5, 5.41) is 14.0. The second-order valence-corrected chi connectivity index (χ2v) is 5.07. The van der Waals surface area contributed by atoms with Crippen LogP contribution >= 0.6 is 15.9 Å². The SMILES string of the molecule is CCNCC(C)COc1c(Br)cc(F)cc1[N+](=O)[O-]. The third-order valence-electron chi connectivity index (χ3n) is 2.44. The summed E-state index contributed by atoms with van der Waals surface area (Å²) in [5.41, 5.74) is -0.373. The monoisotopic (exact) mass is 334 g/mol. The molecule has 0 aliphatic carbocycles. The molecular weight excluding hydrogens is 319 g/mol. The first-order valence-electron chi connectivity index (χ1n) is 5.92. The van der Waals surface area contributed by atoms with Crippen molar-refractivity contribution in [2.45, 2.75) is 13.8 Å². The zero-order valence-electron chi connectivity index (χ0n) is 10.8. The standard InChI is InChI=1S/C12H16BrFN2O3/c1-3-15-6-8(2)7-19-12-10(13)4-9(14)5-11(12)16(17)18/h4-5,8,15H,3,6-7H2,1-2H3. The third-order valence-corrected chi connectivity index (χ3v) is 3.03. The highest BCUT2D eigenvalue weighted by Crippen LogP contribution is 2.36. The van der Waals surface area contributed by atoms with Crippen LogP contribution in [0.5, 0.6) is 5.75 Å². The molecule has 0 aliphatic rings. The molecule has 1 aromatic rings. The molecule has 0 aliphatic heterocycles. The summed E-state index contributed by atoms with van der Waals surface area (Å²) in [4.78, 5) is 10.2. The van der Waals surface area contributed by atoms with E-state index in [0.717, 1.165) is 25.2 Å². The average molecular weight is 335 g/mol. The number of hydrogen-bond acceptors (Lipinski definition) is 4. The van der Waals surface area contributed by atoms with Crippen molar-refractivity contribution < 1.29 is 14.1 Å². The minimum absolute atomic E-state index is 0.0646. The molecule has 1 atom stereocenters. The maximum Gasteiger partial charge on any atom is 0.315 e. The summed E-state index contributed by atoms with van der Waals surface area (Å²) in [6, 6.07) is 2.01. The highest BCUT2D eigenvalue weighted by Gasteiger charge is 2.21. The average Bonchev–Trinajstić information content (AvgIpc) is 2.34. The summed E-state index contributed by atoms with van der Waals surface area (Å²) in [5.74, 6) is -0.419. The van der Waals surface area contributed by atoms with Crippen LogP contribution in [0.4, 0.5) is 10.1 Å². The van der Waals surface area contributed by atoms with Crippen molar-refractivity contribution in [2.75, 3.05) is 19.7 Å². The van der Waals surface area contributed by atoms with Crippen LogP contribution in [0.2, 0.25) is 0 Å². The Bertz CT molecular complexity index is 457. The van der Waals surface area contributed by atoms with E-state index in [1.165, 1.54) is 0 Å². The second kappa shape index (κ2) is 7.40. The Kier molecular flexibility index (Phi) is 6.17. The van der Waals surface area contributed by atoms with Crippen LogP contribution in [0, 0.1) is 21.8 Å². The summed E-state index contributed by atoms with van der Waals surface area (Å²) < 4.78 is 18.8. The zero-order valence-corrected chi connectivity index (χ0v) is 12.4. The van der Waals surface area contributed by atoms with Gasteiger partial charge in [-0.15, -0.1) is 0 Å². The molecule has 7 heteroatoms. The van der Waals surface area contributed by atoms with Crippen molar-refractivity contribution in [1.82, 2.24) is 5.32 Å². The maximum absolute atomic E-state index is 13.1. The van der Waals surface area contributed by atoms with Gasteiger partial charge in [-0.1, -0.05) is 13.8 Å². The number of ether oxygens (including phenoxy) is 1. The van der Waals surface area contributed by atoms with E-state index in [4.69, 9.17) is 4.74 Å². The van der Waals surface area contributed by atoms with Gasteiger partial charge in [-0.05, 0) is 28.5 Å². The van der Waals surface area contributed by atoms with Gasteiger partial charge in [-0.25, -0.2) is 4.39 Å². The first kappa shape index (κ1) is 15.8. The lowest BCUT2D eigenvalue weighted by Gasteiger charge is -2.14. The molecule has 1 unspecified atom stereocenters. The van der Waals surface area contributed by atoms with E-state index in [1.54, 1.807) is 0 Å². The third kappa shape index (κ3) is 4.76.